The van der Waals surface area contributed by atoms with Gasteiger partial charge in [0.25, 0.3) is 5.56 Å². The van der Waals surface area contributed by atoms with Crippen molar-refractivity contribution in [2.45, 2.75) is 11.8 Å². The number of hydrogen-bond donors (Lipinski definition) is 2. The van der Waals surface area contributed by atoms with E-state index in [9.17, 15) is 14.4 Å². The summed E-state index contributed by atoms with van der Waals surface area (Å²) in [5, 5.41) is 6.22. The fourth-order valence-corrected chi connectivity index (χ4v) is 4.42. The minimum Gasteiger partial charge on any atom is -0.465 e. The van der Waals surface area contributed by atoms with Crippen molar-refractivity contribution in [3.63, 3.8) is 0 Å². The average Bonchev–Trinajstić information content (AvgIpc) is 3.50. The Morgan fingerprint density at radius 1 is 1.06 bits per heavy atom. The second-order valence-electron chi connectivity index (χ2n) is 7.82. The van der Waals surface area contributed by atoms with Gasteiger partial charge in [0.1, 0.15) is 11.3 Å². The summed E-state index contributed by atoms with van der Waals surface area (Å²) in [5.74, 6) is -1.18. The zero-order valence-corrected chi connectivity index (χ0v) is 17.2. The van der Waals surface area contributed by atoms with Gasteiger partial charge in [-0.25, -0.2) is 9.89 Å². The van der Waals surface area contributed by atoms with Gasteiger partial charge in [-0.1, -0.05) is 60.7 Å². The Morgan fingerprint density at radius 3 is 2.28 bits per heavy atom. The monoisotopic (exact) mass is 428 g/mol. The molecule has 2 aromatic carbocycles. The summed E-state index contributed by atoms with van der Waals surface area (Å²) in [7, 11) is 1.24. The van der Waals surface area contributed by atoms with Crippen LogP contribution in [-0.2, 0) is 14.9 Å². The molecule has 0 spiro atoms. The van der Waals surface area contributed by atoms with Crippen molar-refractivity contribution in [3.05, 3.63) is 100 Å². The van der Waals surface area contributed by atoms with Crippen LogP contribution in [0.2, 0.25) is 0 Å². The zero-order valence-electron chi connectivity index (χ0n) is 17.2. The summed E-state index contributed by atoms with van der Waals surface area (Å²) in [6.45, 7) is 0. The first kappa shape index (κ1) is 19.7. The quantitative estimate of drug-likeness (QED) is 0.475. The molecule has 160 valence electrons. The van der Waals surface area contributed by atoms with E-state index in [1.165, 1.54) is 24.2 Å². The molecule has 2 heterocycles. The second-order valence-corrected chi connectivity index (χ2v) is 7.82. The molecule has 0 bridgehead atoms. The van der Waals surface area contributed by atoms with Crippen molar-refractivity contribution in [1.82, 2.24) is 14.9 Å². The van der Waals surface area contributed by atoms with Crippen molar-refractivity contribution in [2.24, 2.45) is 5.92 Å². The van der Waals surface area contributed by atoms with E-state index >= 15 is 0 Å². The standard InChI is InChI=1S/C24H20N4O4/c1-32-23(31)18-14-28(13-17-20(18)25-26-21(17)29)27-22(30)19-12-24(19,15-8-4-2-5-9-15)16-10-6-3-7-11-16/h2-11,13-14,19H,12H2,1H3,(H,26,29)(H,27,30). The van der Waals surface area contributed by atoms with Crippen LogP contribution < -0.4 is 11.0 Å². The van der Waals surface area contributed by atoms with Gasteiger partial charge in [-0.05, 0) is 17.5 Å². The predicted octanol–water partition coefficient (Wildman–Crippen LogP) is 2.54. The number of pyridine rings is 1. The number of nitrogens with one attached hydrogen (secondary N) is 2. The lowest BCUT2D eigenvalue weighted by Gasteiger charge is -2.19. The van der Waals surface area contributed by atoms with Crippen molar-refractivity contribution < 1.29 is 14.3 Å². The number of hydrogen-bond acceptors (Lipinski definition) is 5. The van der Waals surface area contributed by atoms with Crippen molar-refractivity contribution >= 4 is 11.9 Å². The lowest BCUT2D eigenvalue weighted by atomic mass is 9.85. The first-order valence-electron chi connectivity index (χ1n) is 10.1. The molecule has 0 radical (unpaired) electrons. The van der Waals surface area contributed by atoms with Gasteiger partial charge in [-0.3, -0.25) is 19.7 Å². The minimum absolute atomic E-state index is 0.0804. The SMILES string of the molecule is COC(=O)c1cn(NC(=O)C2CC2(c2ccccc2)c2ccccc2)cc2c(=O)[nH]nc1-2. The van der Waals surface area contributed by atoms with Gasteiger partial charge >= 0.3 is 5.97 Å². The van der Waals surface area contributed by atoms with E-state index < -0.39 is 16.9 Å². The number of amides is 1. The minimum atomic E-state index is -0.653. The van der Waals surface area contributed by atoms with Crippen LogP contribution in [0.5, 0.6) is 0 Å². The number of ether oxygens (including phenoxy) is 1. The number of fused-ring (bicyclic) bond motifs is 1. The molecule has 1 atom stereocenters. The largest absolute Gasteiger partial charge is 0.465 e. The smallest absolute Gasteiger partial charge is 0.341 e. The molecule has 2 aromatic rings. The molecule has 0 saturated heterocycles. The molecule has 8 heteroatoms. The number of carbonyl (C=O) groups is 2. The van der Waals surface area contributed by atoms with Crippen molar-refractivity contribution in [3.8, 4) is 11.3 Å². The van der Waals surface area contributed by atoms with Crippen LogP contribution in [-0.4, -0.2) is 33.9 Å². The fourth-order valence-electron chi connectivity index (χ4n) is 4.42. The molecule has 1 fully saturated rings. The van der Waals surface area contributed by atoms with Gasteiger partial charge in [-0.15, -0.1) is 0 Å². The van der Waals surface area contributed by atoms with Crippen LogP contribution in [0.1, 0.15) is 27.9 Å². The zero-order chi connectivity index (χ0) is 22.3. The Balaban J connectivity index is 1.50. The van der Waals surface area contributed by atoms with Crippen LogP contribution >= 0.6 is 0 Å². The Kier molecular flexibility index (Phi) is 4.62. The number of carbonyl (C=O) groups excluding carboxylic acids is 2. The van der Waals surface area contributed by atoms with E-state index in [4.69, 9.17) is 4.74 Å². The topological polar surface area (TPSA) is 106 Å². The highest BCUT2D eigenvalue weighted by Gasteiger charge is 2.60. The number of benzene rings is 2. The van der Waals surface area contributed by atoms with Gasteiger partial charge in [0.15, 0.2) is 0 Å². The third-order valence-electron chi connectivity index (χ3n) is 6.06. The van der Waals surface area contributed by atoms with Crippen molar-refractivity contribution in [2.75, 3.05) is 12.5 Å². The number of aromatic amines is 1. The van der Waals surface area contributed by atoms with E-state index in [0.29, 0.717) is 6.42 Å². The van der Waals surface area contributed by atoms with Gasteiger partial charge in [0.2, 0.25) is 5.91 Å². The maximum atomic E-state index is 13.3. The number of methoxy groups -OCH3 is 1. The molecule has 1 aliphatic carbocycles. The maximum Gasteiger partial charge on any atom is 0.341 e. The molecular weight excluding hydrogens is 408 g/mol. The molecule has 3 aliphatic rings. The molecule has 1 unspecified atom stereocenters. The molecule has 8 nitrogen and oxygen atoms in total. The summed E-state index contributed by atoms with van der Waals surface area (Å²) in [6, 6.07) is 19.9. The molecule has 2 aliphatic heterocycles. The molecule has 1 saturated carbocycles. The van der Waals surface area contributed by atoms with Crippen LogP contribution in [0.3, 0.4) is 0 Å². The Morgan fingerprint density at radius 2 is 1.69 bits per heavy atom. The van der Waals surface area contributed by atoms with Gasteiger partial charge < -0.3 is 4.74 Å². The van der Waals surface area contributed by atoms with Crippen LogP contribution in [0.15, 0.2) is 77.9 Å². The van der Waals surface area contributed by atoms with E-state index in [0.717, 1.165) is 11.1 Å². The summed E-state index contributed by atoms with van der Waals surface area (Å²) in [6.07, 6.45) is 3.50. The van der Waals surface area contributed by atoms with Crippen LogP contribution in [0, 0.1) is 5.92 Å². The lowest BCUT2D eigenvalue weighted by Crippen LogP contribution is -2.29. The number of nitrogens with zero attached hydrogens (tertiary/aromatic N) is 2. The van der Waals surface area contributed by atoms with E-state index in [-0.39, 0.29) is 28.6 Å². The van der Waals surface area contributed by atoms with Gasteiger partial charge in [0, 0.05) is 17.8 Å². The van der Waals surface area contributed by atoms with E-state index in [2.05, 4.69) is 15.6 Å². The fraction of sp³-hybridized carbons (Fsp3) is 0.167. The summed E-state index contributed by atoms with van der Waals surface area (Å²) >= 11 is 0. The molecular formula is C24H20N4O4. The maximum absolute atomic E-state index is 13.3. The number of esters is 1. The van der Waals surface area contributed by atoms with Gasteiger partial charge in [0.05, 0.1) is 18.6 Å². The average molecular weight is 428 g/mol. The molecule has 5 rings (SSSR count). The number of rotatable bonds is 5. The number of aromatic nitrogens is 3. The molecule has 2 N–H and O–H groups in total. The third kappa shape index (κ3) is 3.08. The second kappa shape index (κ2) is 7.49. The van der Waals surface area contributed by atoms with Crippen LogP contribution in [0.25, 0.3) is 11.3 Å². The molecule has 1 amide bonds. The highest BCUT2D eigenvalue weighted by molar-refractivity contribution is 5.97. The first-order chi connectivity index (χ1) is 15.5. The molecule has 0 aromatic heterocycles. The van der Waals surface area contributed by atoms with Gasteiger partial charge in [-0.2, -0.15) is 5.10 Å². The van der Waals surface area contributed by atoms with Crippen molar-refractivity contribution in [1.29, 1.82) is 0 Å². The Labute approximate surface area is 183 Å². The Bertz CT molecular complexity index is 1290. The Hall–Kier alpha value is -4.20. The lowest BCUT2D eigenvalue weighted by molar-refractivity contribution is -0.118. The summed E-state index contributed by atoms with van der Waals surface area (Å²) in [5.41, 5.74) is 4.53. The van der Waals surface area contributed by atoms with Crippen LogP contribution in [0.4, 0.5) is 0 Å². The third-order valence-corrected chi connectivity index (χ3v) is 6.06. The normalized spacial score (nSPS) is 16.5. The highest BCUT2D eigenvalue weighted by atomic mass is 16.5. The van der Waals surface area contributed by atoms with E-state index in [1.54, 1.807) is 0 Å². The molecule has 32 heavy (non-hydrogen) atoms. The van der Waals surface area contributed by atoms with E-state index in [1.807, 2.05) is 60.7 Å². The predicted molar refractivity (Wildman–Crippen MR) is 117 cm³/mol. The first-order valence-corrected chi connectivity index (χ1v) is 10.1. The summed E-state index contributed by atoms with van der Waals surface area (Å²) < 4.78 is 6.13. The summed E-state index contributed by atoms with van der Waals surface area (Å²) in [4.78, 5) is 37.6. The highest BCUT2D eigenvalue weighted by Crippen LogP contribution is 2.59. The number of H-pyrrole nitrogens is 1.